The summed E-state index contributed by atoms with van der Waals surface area (Å²) in [5.74, 6) is 1.40. The van der Waals surface area contributed by atoms with Crippen LogP contribution < -0.4 is 4.90 Å². The predicted molar refractivity (Wildman–Crippen MR) is 135 cm³/mol. The smallest absolute Gasteiger partial charge is 0.258 e. The maximum absolute atomic E-state index is 10.2. The summed E-state index contributed by atoms with van der Waals surface area (Å²) in [4.78, 5) is 6.91. The van der Waals surface area contributed by atoms with Gasteiger partial charge in [-0.25, -0.2) is 0 Å². The number of fused-ring (bicyclic) bond motifs is 1. The zero-order valence-electron chi connectivity index (χ0n) is 19.5. The van der Waals surface area contributed by atoms with Crippen molar-refractivity contribution >= 4 is 28.2 Å². The van der Waals surface area contributed by atoms with Gasteiger partial charge in [0.05, 0.1) is 28.2 Å². The van der Waals surface area contributed by atoms with Crippen LogP contribution in [0.5, 0.6) is 0 Å². The van der Waals surface area contributed by atoms with Gasteiger partial charge < -0.3 is 14.5 Å². The van der Waals surface area contributed by atoms with Crippen LogP contribution in [0.2, 0.25) is 5.02 Å². The number of aromatic nitrogens is 4. The number of hydrogen-bond acceptors (Lipinski definition) is 6. The number of anilines is 1. The highest BCUT2D eigenvalue weighted by atomic mass is 35.5. The number of allylic oxidation sites excluding steroid dienone is 2. The molecular formula is C26H28ClN5O2. The minimum atomic E-state index is 0.439. The van der Waals surface area contributed by atoms with Crippen LogP contribution in [-0.4, -0.2) is 38.1 Å². The average molecular weight is 478 g/mol. The lowest BCUT2D eigenvalue weighted by atomic mass is 10.1. The molecule has 0 radical (unpaired) electrons. The van der Waals surface area contributed by atoms with Crippen LogP contribution >= 0.6 is 11.6 Å². The van der Waals surface area contributed by atoms with E-state index >= 15 is 0 Å². The number of aliphatic hydroxyl groups is 1. The summed E-state index contributed by atoms with van der Waals surface area (Å²) in [5, 5.41) is 20.5. The third kappa shape index (κ3) is 4.40. The van der Waals surface area contributed by atoms with Crippen LogP contribution in [0.15, 0.2) is 58.5 Å². The van der Waals surface area contributed by atoms with Crippen molar-refractivity contribution in [3.05, 3.63) is 58.9 Å². The molecule has 1 aliphatic heterocycles. The van der Waals surface area contributed by atoms with Gasteiger partial charge in [-0.2, -0.15) is 10.1 Å². The van der Waals surface area contributed by atoms with Crippen LogP contribution in [-0.2, 0) is 6.54 Å². The van der Waals surface area contributed by atoms with Crippen LogP contribution in [0.4, 0.5) is 5.69 Å². The zero-order chi connectivity index (χ0) is 23.7. The maximum Gasteiger partial charge on any atom is 0.258 e. The first-order valence-corrected chi connectivity index (χ1v) is 12.1. The molecule has 2 aromatic heterocycles. The Morgan fingerprint density at radius 1 is 1.12 bits per heavy atom. The van der Waals surface area contributed by atoms with E-state index < -0.39 is 0 Å². The number of aryl methyl sites for hydroxylation is 1. The second-order valence-corrected chi connectivity index (χ2v) is 9.16. The van der Waals surface area contributed by atoms with E-state index in [2.05, 4.69) is 20.1 Å². The zero-order valence-corrected chi connectivity index (χ0v) is 20.2. The largest absolute Gasteiger partial charge is 0.512 e. The first kappa shape index (κ1) is 22.5. The Morgan fingerprint density at radius 2 is 1.91 bits per heavy atom. The second kappa shape index (κ2) is 9.50. The molecular weight excluding hydrogens is 450 g/mol. The van der Waals surface area contributed by atoms with Gasteiger partial charge in [-0.3, -0.25) is 4.68 Å². The Hall–Kier alpha value is -3.32. The highest BCUT2D eigenvalue weighted by molar-refractivity contribution is 6.33. The fraction of sp³-hybridized carbons (Fsp3) is 0.346. The van der Waals surface area contributed by atoms with Gasteiger partial charge in [0.15, 0.2) is 0 Å². The van der Waals surface area contributed by atoms with Crippen LogP contribution in [0.1, 0.15) is 39.5 Å². The molecule has 0 atom stereocenters. The van der Waals surface area contributed by atoms with E-state index in [1.54, 1.807) is 0 Å². The summed E-state index contributed by atoms with van der Waals surface area (Å²) in [6.45, 7) is 6.69. The predicted octanol–water partition coefficient (Wildman–Crippen LogP) is 6.64. The van der Waals surface area contributed by atoms with E-state index in [9.17, 15) is 5.11 Å². The normalized spacial score (nSPS) is 14.7. The SMILES string of the molecule is CC/C(C)=C(\O)CCn1ncc2cc(-c3noc(-c4ccc(N5CCCC5)c(Cl)c4)n3)ccc21. The molecule has 0 bridgehead atoms. The van der Waals surface area contributed by atoms with Gasteiger partial charge in [-0.1, -0.05) is 23.7 Å². The summed E-state index contributed by atoms with van der Waals surface area (Å²) >= 11 is 6.56. The molecule has 0 unspecified atom stereocenters. The summed E-state index contributed by atoms with van der Waals surface area (Å²) in [7, 11) is 0. The Labute approximate surface area is 203 Å². The van der Waals surface area contributed by atoms with Crippen molar-refractivity contribution in [2.45, 2.75) is 46.1 Å². The lowest BCUT2D eigenvalue weighted by Gasteiger charge is -2.19. The highest BCUT2D eigenvalue weighted by Crippen LogP contribution is 2.33. The minimum absolute atomic E-state index is 0.439. The molecule has 7 nitrogen and oxygen atoms in total. The van der Waals surface area contributed by atoms with Crippen molar-refractivity contribution in [1.29, 1.82) is 0 Å². The van der Waals surface area contributed by atoms with Crippen LogP contribution in [0.3, 0.4) is 0 Å². The fourth-order valence-electron chi connectivity index (χ4n) is 4.35. The molecule has 1 saturated heterocycles. The van der Waals surface area contributed by atoms with Gasteiger partial charge in [0.25, 0.3) is 5.89 Å². The lowest BCUT2D eigenvalue weighted by Crippen LogP contribution is -2.17. The van der Waals surface area contributed by atoms with Gasteiger partial charge in [-0.15, -0.1) is 0 Å². The van der Waals surface area contributed by atoms with Crippen molar-refractivity contribution in [3.8, 4) is 22.8 Å². The number of rotatable bonds is 7. The lowest BCUT2D eigenvalue weighted by molar-refractivity contribution is 0.366. The van der Waals surface area contributed by atoms with Gasteiger partial charge in [0.2, 0.25) is 5.82 Å². The number of benzene rings is 2. The average Bonchev–Trinajstić information content (AvgIpc) is 3.62. The van der Waals surface area contributed by atoms with Crippen molar-refractivity contribution in [2.75, 3.05) is 18.0 Å². The second-order valence-electron chi connectivity index (χ2n) is 8.76. The topological polar surface area (TPSA) is 80.2 Å². The maximum atomic E-state index is 10.2. The van der Waals surface area contributed by atoms with E-state index in [4.69, 9.17) is 16.1 Å². The first-order chi connectivity index (χ1) is 16.5. The molecule has 2 aromatic carbocycles. The summed E-state index contributed by atoms with van der Waals surface area (Å²) in [6, 6.07) is 11.9. The van der Waals surface area contributed by atoms with Crippen molar-refractivity contribution in [2.24, 2.45) is 0 Å². The molecule has 3 heterocycles. The van der Waals surface area contributed by atoms with Crippen molar-refractivity contribution in [3.63, 3.8) is 0 Å². The molecule has 8 heteroatoms. The molecule has 0 amide bonds. The third-order valence-corrected chi connectivity index (χ3v) is 6.85. The number of aliphatic hydroxyl groups excluding tert-OH is 1. The van der Waals surface area contributed by atoms with E-state index in [0.29, 0.717) is 35.5 Å². The molecule has 0 aliphatic carbocycles. The molecule has 34 heavy (non-hydrogen) atoms. The minimum Gasteiger partial charge on any atom is -0.512 e. The van der Waals surface area contributed by atoms with E-state index in [-0.39, 0.29) is 0 Å². The molecule has 1 aliphatic rings. The van der Waals surface area contributed by atoms with Crippen LogP contribution in [0.25, 0.3) is 33.7 Å². The van der Waals surface area contributed by atoms with Gasteiger partial charge in [0.1, 0.15) is 0 Å². The number of halogens is 1. The van der Waals surface area contributed by atoms with E-state index in [1.165, 1.54) is 12.8 Å². The fourth-order valence-corrected chi connectivity index (χ4v) is 4.65. The van der Waals surface area contributed by atoms with Gasteiger partial charge in [-0.05, 0) is 68.2 Å². The van der Waals surface area contributed by atoms with E-state index in [1.807, 2.05) is 61.1 Å². The molecule has 0 saturated carbocycles. The molecule has 5 rings (SSSR count). The monoisotopic (exact) mass is 477 g/mol. The van der Waals surface area contributed by atoms with Gasteiger partial charge >= 0.3 is 0 Å². The Balaban J connectivity index is 1.35. The third-order valence-electron chi connectivity index (χ3n) is 6.55. The number of nitrogens with zero attached hydrogens (tertiary/aromatic N) is 5. The van der Waals surface area contributed by atoms with Crippen molar-refractivity contribution < 1.29 is 9.63 Å². The standard InChI is InChI=1S/C26H28ClN5O2/c1-3-17(2)24(33)10-13-32-22-8-6-18(14-20(22)16-28-32)25-29-26(34-30-25)19-7-9-23(21(27)15-19)31-11-4-5-12-31/h6-9,14-16,33H,3-5,10-13H2,1-2H3/b24-17-. The Bertz CT molecular complexity index is 1350. The summed E-state index contributed by atoms with van der Waals surface area (Å²) in [5.41, 5.74) is 4.72. The van der Waals surface area contributed by atoms with Crippen LogP contribution in [0, 0.1) is 0 Å². The highest BCUT2D eigenvalue weighted by Gasteiger charge is 2.18. The number of hydrogen-bond donors (Lipinski definition) is 1. The molecule has 1 fully saturated rings. The first-order valence-electron chi connectivity index (χ1n) is 11.8. The van der Waals surface area contributed by atoms with Gasteiger partial charge in [0, 0.05) is 42.6 Å². The van der Waals surface area contributed by atoms with Crippen molar-refractivity contribution in [1.82, 2.24) is 19.9 Å². The molecule has 1 N–H and O–H groups in total. The Morgan fingerprint density at radius 3 is 2.68 bits per heavy atom. The van der Waals surface area contributed by atoms with E-state index in [0.717, 1.165) is 52.8 Å². The summed E-state index contributed by atoms with van der Waals surface area (Å²) in [6.07, 6.45) is 5.63. The quantitative estimate of drug-likeness (QED) is 0.300. The molecule has 4 aromatic rings. The Kier molecular flexibility index (Phi) is 6.28. The summed E-state index contributed by atoms with van der Waals surface area (Å²) < 4.78 is 7.46. The molecule has 176 valence electrons. The molecule has 0 spiro atoms.